The molecular weight excluding hydrogens is 574 g/mol. The molecule has 0 aromatic heterocycles. The molecule has 3 amide bonds. The van der Waals surface area contributed by atoms with Crippen molar-refractivity contribution in [1.29, 1.82) is 0 Å². The smallest absolute Gasteiger partial charge is 0.339 e. The molecular formula is C27H23N3O9S2. The van der Waals surface area contributed by atoms with Gasteiger partial charge in [-0.15, -0.1) is 0 Å². The van der Waals surface area contributed by atoms with Crippen LogP contribution in [0.1, 0.15) is 18.1 Å². The number of imide groups is 1. The topological polar surface area (TPSA) is 162 Å². The first-order valence-corrected chi connectivity index (χ1v) is 14.3. The normalized spacial score (nSPS) is 14.3. The van der Waals surface area contributed by atoms with Gasteiger partial charge in [-0.05, 0) is 79.7 Å². The highest BCUT2D eigenvalue weighted by molar-refractivity contribution is 8.18. The van der Waals surface area contributed by atoms with Crippen molar-refractivity contribution in [3.8, 4) is 11.5 Å². The van der Waals surface area contributed by atoms with Gasteiger partial charge in [0.05, 0.1) is 16.4 Å². The van der Waals surface area contributed by atoms with Crippen molar-refractivity contribution >= 4 is 56.4 Å². The van der Waals surface area contributed by atoms with Crippen molar-refractivity contribution in [1.82, 2.24) is 4.90 Å². The lowest BCUT2D eigenvalue weighted by Crippen LogP contribution is -2.36. The molecule has 0 radical (unpaired) electrons. The first kappa shape index (κ1) is 29.3. The first-order valence-electron chi connectivity index (χ1n) is 12.0. The van der Waals surface area contributed by atoms with Crippen LogP contribution in [0.3, 0.4) is 0 Å². The summed E-state index contributed by atoms with van der Waals surface area (Å²) in [5, 5.41) is 13.2. The zero-order valence-corrected chi connectivity index (χ0v) is 23.4. The minimum absolute atomic E-state index is 0.0653. The fourth-order valence-electron chi connectivity index (χ4n) is 3.67. The lowest BCUT2D eigenvalue weighted by atomic mass is 10.2. The van der Waals surface area contributed by atoms with Crippen LogP contribution in [0.5, 0.6) is 11.5 Å². The van der Waals surface area contributed by atoms with Crippen LogP contribution in [0.15, 0.2) is 76.5 Å². The van der Waals surface area contributed by atoms with Gasteiger partial charge in [0.15, 0.2) is 0 Å². The van der Waals surface area contributed by atoms with E-state index in [1.54, 1.807) is 24.3 Å². The fourth-order valence-corrected chi connectivity index (χ4v) is 5.46. The van der Waals surface area contributed by atoms with E-state index < -0.39 is 38.6 Å². The van der Waals surface area contributed by atoms with E-state index in [-0.39, 0.29) is 21.2 Å². The summed E-state index contributed by atoms with van der Waals surface area (Å²) in [6.07, 6.45) is 1.43. The molecule has 0 spiro atoms. The molecule has 1 aliphatic rings. The number of rotatable bonds is 10. The molecule has 0 bridgehead atoms. The molecule has 1 saturated heterocycles. The van der Waals surface area contributed by atoms with Crippen LogP contribution in [0.2, 0.25) is 0 Å². The molecule has 0 unspecified atom stereocenters. The third-order valence-electron chi connectivity index (χ3n) is 5.67. The molecule has 212 valence electrons. The van der Waals surface area contributed by atoms with E-state index in [0.29, 0.717) is 40.9 Å². The van der Waals surface area contributed by atoms with Gasteiger partial charge in [0.2, 0.25) is 5.91 Å². The molecule has 0 aliphatic carbocycles. The van der Waals surface area contributed by atoms with Crippen LogP contribution in [0.4, 0.5) is 16.2 Å². The number of ether oxygens (including phenoxy) is 1. The Labute approximate surface area is 239 Å². The van der Waals surface area contributed by atoms with Crippen LogP contribution < -0.4 is 14.2 Å². The molecule has 1 heterocycles. The highest BCUT2D eigenvalue weighted by Gasteiger charge is 2.36. The zero-order chi connectivity index (χ0) is 29.7. The zero-order valence-electron chi connectivity index (χ0n) is 21.7. The van der Waals surface area contributed by atoms with Crippen LogP contribution in [0, 0.1) is 17.0 Å². The summed E-state index contributed by atoms with van der Waals surface area (Å²) in [6, 6.07) is 15.7. The standard InChI is InChI=1S/C27H23N3O9S2/c1-3-38-20-11-7-19(8-12-20)28-25(31)16-29-26(32)24(40-27(29)33)14-18-5-9-21(10-6-18)39-41(36,37)22-13-4-17(2)23(15-22)30(34)35/h4-15H,3,16H2,1-2H3,(H,28,31)/b24-14-. The van der Waals surface area contributed by atoms with Gasteiger partial charge in [0.25, 0.3) is 16.8 Å². The van der Waals surface area contributed by atoms with Gasteiger partial charge in [-0.1, -0.05) is 18.2 Å². The molecule has 4 rings (SSSR count). The fraction of sp³-hybridized carbons (Fsp3) is 0.148. The lowest BCUT2D eigenvalue weighted by Gasteiger charge is -2.12. The molecule has 41 heavy (non-hydrogen) atoms. The average molecular weight is 598 g/mol. The van der Waals surface area contributed by atoms with Gasteiger partial charge in [0.1, 0.15) is 22.9 Å². The van der Waals surface area contributed by atoms with E-state index in [4.69, 9.17) is 8.92 Å². The molecule has 0 atom stereocenters. The SMILES string of the molecule is CCOc1ccc(NC(=O)CN2C(=O)S/C(=C\c3ccc(OS(=O)(=O)c4ccc(C)c([N+](=O)[O-])c4)cc3)C2=O)cc1. The molecule has 1 aliphatic heterocycles. The van der Waals surface area contributed by atoms with Crippen molar-refractivity contribution in [2.75, 3.05) is 18.5 Å². The Balaban J connectivity index is 1.40. The highest BCUT2D eigenvalue weighted by atomic mass is 32.2. The van der Waals surface area contributed by atoms with Crippen LogP contribution in [-0.2, 0) is 19.7 Å². The summed E-state index contributed by atoms with van der Waals surface area (Å²) in [5.41, 5.74) is 0.888. The quantitative estimate of drug-likeness (QED) is 0.149. The van der Waals surface area contributed by atoms with Crippen LogP contribution >= 0.6 is 11.8 Å². The molecule has 3 aromatic carbocycles. The Bertz CT molecular complexity index is 1650. The second-order valence-corrected chi connectivity index (χ2v) is 11.1. The Morgan fingerprint density at radius 2 is 1.71 bits per heavy atom. The van der Waals surface area contributed by atoms with E-state index in [1.165, 1.54) is 49.4 Å². The third kappa shape index (κ3) is 7.10. The Morgan fingerprint density at radius 1 is 1.05 bits per heavy atom. The van der Waals surface area contributed by atoms with Gasteiger partial charge in [-0.2, -0.15) is 8.42 Å². The van der Waals surface area contributed by atoms with Crippen molar-refractivity contribution in [2.24, 2.45) is 0 Å². The number of nitrogens with zero attached hydrogens (tertiary/aromatic N) is 2. The number of nitrogens with one attached hydrogen (secondary N) is 1. The Morgan fingerprint density at radius 3 is 2.34 bits per heavy atom. The van der Waals surface area contributed by atoms with Gasteiger partial charge < -0.3 is 14.2 Å². The Hall–Kier alpha value is -4.69. The lowest BCUT2D eigenvalue weighted by molar-refractivity contribution is -0.385. The van der Waals surface area contributed by atoms with E-state index in [2.05, 4.69) is 5.32 Å². The van der Waals surface area contributed by atoms with Gasteiger partial charge in [-0.3, -0.25) is 29.4 Å². The molecule has 1 N–H and O–H groups in total. The van der Waals surface area contributed by atoms with E-state index in [9.17, 15) is 32.9 Å². The Kier molecular flexibility index (Phi) is 8.74. The maximum Gasteiger partial charge on any atom is 0.339 e. The third-order valence-corrected chi connectivity index (χ3v) is 7.82. The van der Waals surface area contributed by atoms with Gasteiger partial charge in [0, 0.05) is 17.3 Å². The van der Waals surface area contributed by atoms with Crippen LogP contribution in [-0.4, -0.2) is 48.4 Å². The number of nitro benzene ring substituents is 1. The van der Waals surface area contributed by atoms with Gasteiger partial charge >= 0.3 is 10.1 Å². The first-order chi connectivity index (χ1) is 19.5. The summed E-state index contributed by atoms with van der Waals surface area (Å²) in [6.45, 7) is 3.36. The summed E-state index contributed by atoms with van der Waals surface area (Å²) in [5.74, 6) is -0.630. The average Bonchev–Trinajstić information content (AvgIpc) is 3.18. The second kappa shape index (κ2) is 12.2. The second-order valence-electron chi connectivity index (χ2n) is 8.59. The monoisotopic (exact) mass is 597 g/mol. The number of carbonyl (C=O) groups excluding carboxylic acids is 3. The van der Waals surface area contributed by atoms with Crippen molar-refractivity contribution in [2.45, 2.75) is 18.7 Å². The summed E-state index contributed by atoms with van der Waals surface area (Å²) < 4.78 is 35.7. The number of hydrogen-bond donors (Lipinski definition) is 1. The minimum atomic E-state index is -4.36. The summed E-state index contributed by atoms with van der Waals surface area (Å²) in [4.78, 5) is 48.7. The van der Waals surface area contributed by atoms with Crippen molar-refractivity contribution < 1.29 is 36.6 Å². The number of amides is 3. The van der Waals surface area contributed by atoms with E-state index in [0.717, 1.165) is 11.0 Å². The largest absolute Gasteiger partial charge is 0.494 e. The predicted molar refractivity (Wildman–Crippen MR) is 151 cm³/mol. The van der Waals surface area contributed by atoms with E-state index in [1.807, 2.05) is 6.92 Å². The minimum Gasteiger partial charge on any atom is -0.494 e. The number of benzene rings is 3. The molecule has 3 aromatic rings. The predicted octanol–water partition coefficient (Wildman–Crippen LogP) is 4.74. The summed E-state index contributed by atoms with van der Waals surface area (Å²) >= 11 is 0.668. The number of thioether (sulfide) groups is 1. The summed E-state index contributed by atoms with van der Waals surface area (Å²) in [7, 11) is -4.36. The maximum atomic E-state index is 12.8. The van der Waals surface area contributed by atoms with Crippen molar-refractivity contribution in [3.05, 3.63) is 92.9 Å². The number of hydrogen-bond acceptors (Lipinski definition) is 10. The molecule has 1 fully saturated rings. The number of aryl methyl sites for hydroxylation is 1. The van der Waals surface area contributed by atoms with Gasteiger partial charge in [-0.25, -0.2) is 0 Å². The molecule has 14 heteroatoms. The van der Waals surface area contributed by atoms with Crippen LogP contribution in [0.25, 0.3) is 6.08 Å². The molecule has 0 saturated carbocycles. The number of nitro groups is 1. The maximum absolute atomic E-state index is 12.8. The molecule has 12 nitrogen and oxygen atoms in total. The van der Waals surface area contributed by atoms with E-state index >= 15 is 0 Å². The number of anilines is 1. The highest BCUT2D eigenvalue weighted by Crippen LogP contribution is 2.33. The number of carbonyl (C=O) groups is 3. The van der Waals surface area contributed by atoms with Crippen molar-refractivity contribution in [3.63, 3.8) is 0 Å².